The molecule has 5 nitrogen and oxygen atoms in total. The van der Waals surface area contributed by atoms with E-state index in [1.54, 1.807) is 0 Å². The van der Waals surface area contributed by atoms with Crippen molar-refractivity contribution in [2.24, 2.45) is 10.4 Å². The minimum atomic E-state index is 0.323. The third kappa shape index (κ3) is 7.95. The quantitative estimate of drug-likeness (QED) is 0.451. The topological polar surface area (TPSA) is 46.1 Å². The summed E-state index contributed by atoms with van der Waals surface area (Å²) in [6, 6.07) is 0. The fraction of sp³-hybridized carbons (Fsp3) is 0.950. The third-order valence-corrected chi connectivity index (χ3v) is 5.13. The van der Waals surface area contributed by atoms with E-state index in [1.807, 2.05) is 7.05 Å². The Hall–Kier alpha value is -0.810. The predicted molar refractivity (Wildman–Crippen MR) is 104 cm³/mol. The molecule has 146 valence electrons. The van der Waals surface area contributed by atoms with Crippen LogP contribution in [0.2, 0.25) is 0 Å². The van der Waals surface area contributed by atoms with Crippen LogP contribution in [-0.2, 0) is 9.47 Å². The molecule has 1 atom stereocenters. The molecule has 2 saturated heterocycles. The van der Waals surface area contributed by atoms with Gasteiger partial charge in [-0.15, -0.1) is 0 Å². The van der Waals surface area contributed by atoms with Crippen LogP contribution < -0.4 is 5.32 Å². The summed E-state index contributed by atoms with van der Waals surface area (Å²) in [5, 5.41) is 3.53. The average Bonchev–Trinajstić information content (AvgIpc) is 2.61. The fourth-order valence-corrected chi connectivity index (χ4v) is 3.57. The molecule has 2 rings (SSSR count). The number of hydrogen-bond donors (Lipinski definition) is 1. The van der Waals surface area contributed by atoms with E-state index in [1.165, 1.54) is 25.7 Å². The zero-order valence-corrected chi connectivity index (χ0v) is 16.9. The summed E-state index contributed by atoms with van der Waals surface area (Å²) < 4.78 is 11.9. The molecule has 2 aliphatic heterocycles. The van der Waals surface area contributed by atoms with Crippen LogP contribution in [0.25, 0.3) is 0 Å². The van der Waals surface area contributed by atoms with E-state index in [0.29, 0.717) is 17.6 Å². The van der Waals surface area contributed by atoms with Gasteiger partial charge in [0.25, 0.3) is 0 Å². The second kappa shape index (κ2) is 10.4. The number of rotatable bonds is 6. The predicted octanol–water partition coefficient (Wildman–Crippen LogP) is 3.44. The first-order chi connectivity index (χ1) is 12.0. The SMILES string of the molecule is CN=C(NCCCC(C)(C)C)N1CCC(OCC2CCCCO2)CC1. The molecular formula is C20H39N3O2. The van der Waals surface area contributed by atoms with Crippen LogP contribution in [0.15, 0.2) is 4.99 Å². The Balaban J connectivity index is 1.62. The smallest absolute Gasteiger partial charge is 0.193 e. The van der Waals surface area contributed by atoms with Gasteiger partial charge in [0.15, 0.2) is 5.96 Å². The fourth-order valence-electron chi connectivity index (χ4n) is 3.57. The van der Waals surface area contributed by atoms with Crippen molar-refractivity contribution in [3.8, 4) is 0 Å². The molecule has 1 unspecified atom stereocenters. The Labute approximate surface area is 154 Å². The van der Waals surface area contributed by atoms with Gasteiger partial charge < -0.3 is 19.7 Å². The summed E-state index contributed by atoms with van der Waals surface area (Å²) in [7, 11) is 1.88. The maximum atomic E-state index is 6.11. The van der Waals surface area contributed by atoms with Crippen molar-refractivity contribution >= 4 is 5.96 Å². The molecule has 25 heavy (non-hydrogen) atoms. The number of piperidine rings is 1. The second-order valence-electron chi connectivity index (χ2n) is 8.65. The maximum absolute atomic E-state index is 6.11. The van der Waals surface area contributed by atoms with Crippen LogP contribution in [0, 0.1) is 5.41 Å². The van der Waals surface area contributed by atoms with Crippen LogP contribution in [0.5, 0.6) is 0 Å². The Kier molecular flexibility index (Phi) is 8.50. The molecule has 2 aliphatic rings. The lowest BCUT2D eigenvalue weighted by molar-refractivity contribution is -0.0721. The lowest BCUT2D eigenvalue weighted by atomic mass is 9.91. The summed E-state index contributed by atoms with van der Waals surface area (Å²) in [5.41, 5.74) is 0.406. The van der Waals surface area contributed by atoms with Gasteiger partial charge in [0.05, 0.1) is 18.8 Å². The first-order valence-electron chi connectivity index (χ1n) is 10.2. The molecule has 0 radical (unpaired) electrons. The summed E-state index contributed by atoms with van der Waals surface area (Å²) in [6.45, 7) is 11.6. The highest BCUT2D eigenvalue weighted by molar-refractivity contribution is 5.79. The first-order valence-corrected chi connectivity index (χ1v) is 10.2. The van der Waals surface area contributed by atoms with E-state index < -0.39 is 0 Å². The van der Waals surface area contributed by atoms with Gasteiger partial charge >= 0.3 is 0 Å². The number of hydrogen-bond acceptors (Lipinski definition) is 3. The van der Waals surface area contributed by atoms with Gasteiger partial charge in [0, 0.05) is 33.3 Å². The van der Waals surface area contributed by atoms with E-state index in [4.69, 9.17) is 9.47 Å². The molecule has 0 bridgehead atoms. The Morgan fingerprint density at radius 1 is 1.20 bits per heavy atom. The van der Waals surface area contributed by atoms with Gasteiger partial charge in [-0.05, 0) is 50.4 Å². The zero-order valence-electron chi connectivity index (χ0n) is 16.9. The molecule has 2 heterocycles. The van der Waals surface area contributed by atoms with Crippen LogP contribution in [0.4, 0.5) is 0 Å². The third-order valence-electron chi connectivity index (χ3n) is 5.13. The molecule has 0 saturated carbocycles. The van der Waals surface area contributed by atoms with Gasteiger partial charge in [-0.1, -0.05) is 20.8 Å². The van der Waals surface area contributed by atoms with Crippen molar-refractivity contribution in [2.45, 2.75) is 77.9 Å². The van der Waals surface area contributed by atoms with E-state index in [0.717, 1.165) is 58.1 Å². The van der Waals surface area contributed by atoms with E-state index in [9.17, 15) is 0 Å². The molecule has 0 aromatic carbocycles. The van der Waals surface area contributed by atoms with Crippen molar-refractivity contribution in [1.82, 2.24) is 10.2 Å². The van der Waals surface area contributed by atoms with E-state index in [-0.39, 0.29) is 0 Å². The molecule has 0 aromatic heterocycles. The van der Waals surface area contributed by atoms with Crippen molar-refractivity contribution in [2.75, 3.05) is 39.9 Å². The molecule has 0 aromatic rings. The molecule has 2 fully saturated rings. The molecule has 0 amide bonds. The summed E-state index contributed by atoms with van der Waals surface area (Å²) in [6.07, 6.45) is 8.92. The van der Waals surface area contributed by atoms with Crippen LogP contribution >= 0.6 is 0 Å². The number of aliphatic imine (C=N–C) groups is 1. The van der Waals surface area contributed by atoms with E-state index >= 15 is 0 Å². The van der Waals surface area contributed by atoms with Gasteiger partial charge in [0.1, 0.15) is 0 Å². The monoisotopic (exact) mass is 353 g/mol. The van der Waals surface area contributed by atoms with Crippen LogP contribution in [0.1, 0.15) is 65.7 Å². The lowest BCUT2D eigenvalue weighted by Crippen LogP contribution is -2.47. The van der Waals surface area contributed by atoms with Crippen LogP contribution in [-0.4, -0.2) is 63.0 Å². The minimum Gasteiger partial charge on any atom is -0.376 e. The number of guanidine groups is 1. The summed E-state index contributed by atoms with van der Waals surface area (Å²) in [5.74, 6) is 1.04. The Morgan fingerprint density at radius 3 is 2.56 bits per heavy atom. The molecule has 0 spiro atoms. The minimum absolute atomic E-state index is 0.323. The van der Waals surface area contributed by atoms with Gasteiger partial charge in [0.2, 0.25) is 0 Å². The highest BCUT2D eigenvalue weighted by Crippen LogP contribution is 2.20. The Bertz CT molecular complexity index is 392. The van der Waals surface area contributed by atoms with Gasteiger partial charge in [-0.25, -0.2) is 0 Å². The highest BCUT2D eigenvalue weighted by atomic mass is 16.5. The van der Waals surface area contributed by atoms with Gasteiger partial charge in [-0.3, -0.25) is 4.99 Å². The summed E-state index contributed by atoms with van der Waals surface area (Å²) in [4.78, 5) is 6.83. The van der Waals surface area contributed by atoms with Crippen LogP contribution in [0.3, 0.4) is 0 Å². The van der Waals surface area contributed by atoms with Gasteiger partial charge in [-0.2, -0.15) is 0 Å². The van der Waals surface area contributed by atoms with Crippen molar-refractivity contribution < 1.29 is 9.47 Å². The zero-order chi connectivity index (χ0) is 18.1. The van der Waals surface area contributed by atoms with Crippen molar-refractivity contribution in [3.05, 3.63) is 0 Å². The summed E-state index contributed by atoms with van der Waals surface area (Å²) >= 11 is 0. The first kappa shape index (κ1) is 20.5. The average molecular weight is 354 g/mol. The second-order valence-corrected chi connectivity index (χ2v) is 8.65. The molecule has 5 heteroatoms. The normalized spacial score (nSPS) is 23.8. The number of nitrogens with one attached hydrogen (secondary N) is 1. The molecule has 1 N–H and O–H groups in total. The number of nitrogens with zero attached hydrogens (tertiary/aromatic N) is 2. The standard InChI is InChI=1S/C20H39N3O2/c1-20(2,3)11-7-12-22-19(21-4)23-13-9-17(10-14-23)25-16-18-8-5-6-15-24-18/h17-18H,5-16H2,1-4H3,(H,21,22). The Morgan fingerprint density at radius 2 is 1.96 bits per heavy atom. The van der Waals surface area contributed by atoms with Crippen molar-refractivity contribution in [1.29, 1.82) is 0 Å². The molecular weight excluding hydrogens is 314 g/mol. The number of likely N-dealkylation sites (tertiary alicyclic amines) is 1. The molecule has 0 aliphatic carbocycles. The lowest BCUT2D eigenvalue weighted by Gasteiger charge is -2.35. The highest BCUT2D eigenvalue weighted by Gasteiger charge is 2.23. The van der Waals surface area contributed by atoms with E-state index in [2.05, 4.69) is 36.0 Å². The maximum Gasteiger partial charge on any atom is 0.193 e. The largest absolute Gasteiger partial charge is 0.376 e. The van der Waals surface area contributed by atoms with Crippen molar-refractivity contribution in [3.63, 3.8) is 0 Å². The number of ether oxygens (including phenoxy) is 2.